The summed E-state index contributed by atoms with van der Waals surface area (Å²) in [5, 5.41) is 11.7. The van der Waals surface area contributed by atoms with Gasteiger partial charge < -0.3 is 14.8 Å². The monoisotopic (exact) mass is 475 g/mol. The average Bonchev–Trinajstić information content (AvgIpc) is 3.29. The first-order chi connectivity index (χ1) is 14.4. The van der Waals surface area contributed by atoms with Gasteiger partial charge in [-0.3, -0.25) is 9.48 Å². The second-order valence-electron chi connectivity index (χ2n) is 6.70. The number of rotatable bonds is 9. The highest BCUT2D eigenvalue weighted by Gasteiger charge is 2.13. The fraction of sp³-hybridized carbons (Fsp3) is 0.381. The molecule has 2 aromatic heterocycles. The SMILES string of the molecule is CCOc1ccc(CNC(=O)c2ccn(Cn3nc(C)c(Br)c3C)n2)cc1OCC. The topological polar surface area (TPSA) is 83.2 Å². The summed E-state index contributed by atoms with van der Waals surface area (Å²) in [6.45, 7) is 9.67. The van der Waals surface area contributed by atoms with E-state index in [-0.39, 0.29) is 5.91 Å². The molecule has 1 N–H and O–H groups in total. The minimum absolute atomic E-state index is 0.241. The highest BCUT2D eigenvalue weighted by molar-refractivity contribution is 9.10. The van der Waals surface area contributed by atoms with Gasteiger partial charge in [0, 0.05) is 12.7 Å². The number of halogens is 1. The van der Waals surface area contributed by atoms with Gasteiger partial charge in [-0.15, -0.1) is 0 Å². The summed E-state index contributed by atoms with van der Waals surface area (Å²) in [6.07, 6.45) is 1.77. The number of hydrogen-bond donors (Lipinski definition) is 1. The van der Waals surface area contributed by atoms with E-state index in [1.54, 1.807) is 16.9 Å². The smallest absolute Gasteiger partial charge is 0.272 e. The number of amides is 1. The number of aromatic nitrogens is 4. The molecule has 0 aliphatic heterocycles. The van der Waals surface area contributed by atoms with Gasteiger partial charge in [-0.05, 0) is 67.4 Å². The molecule has 3 rings (SSSR count). The third-order valence-corrected chi connectivity index (χ3v) is 5.65. The molecule has 0 aliphatic rings. The van der Waals surface area contributed by atoms with Crippen molar-refractivity contribution in [2.75, 3.05) is 13.2 Å². The Bertz CT molecular complexity index is 1030. The molecule has 2 heterocycles. The van der Waals surface area contributed by atoms with Crippen LogP contribution >= 0.6 is 15.9 Å². The molecule has 8 nitrogen and oxygen atoms in total. The third-order valence-electron chi connectivity index (χ3n) is 4.51. The molecule has 30 heavy (non-hydrogen) atoms. The minimum atomic E-state index is -0.241. The van der Waals surface area contributed by atoms with E-state index in [1.165, 1.54) is 0 Å². The lowest BCUT2D eigenvalue weighted by molar-refractivity contribution is 0.0945. The van der Waals surface area contributed by atoms with E-state index in [4.69, 9.17) is 9.47 Å². The van der Waals surface area contributed by atoms with Crippen molar-refractivity contribution in [1.29, 1.82) is 0 Å². The van der Waals surface area contributed by atoms with E-state index in [0.29, 0.717) is 43.6 Å². The molecule has 0 fully saturated rings. The normalized spacial score (nSPS) is 10.8. The van der Waals surface area contributed by atoms with Gasteiger partial charge in [0.25, 0.3) is 5.91 Å². The first-order valence-corrected chi connectivity index (χ1v) is 10.6. The van der Waals surface area contributed by atoms with Crippen molar-refractivity contribution < 1.29 is 14.3 Å². The van der Waals surface area contributed by atoms with Crippen LogP contribution in [0.2, 0.25) is 0 Å². The van der Waals surface area contributed by atoms with Crippen molar-refractivity contribution in [2.45, 2.75) is 40.9 Å². The summed E-state index contributed by atoms with van der Waals surface area (Å²) in [5.41, 5.74) is 3.20. The van der Waals surface area contributed by atoms with Crippen molar-refractivity contribution in [3.05, 3.63) is 57.6 Å². The zero-order valence-corrected chi connectivity index (χ0v) is 19.2. The van der Waals surface area contributed by atoms with Crippen LogP contribution in [0.25, 0.3) is 0 Å². The van der Waals surface area contributed by atoms with Crippen molar-refractivity contribution in [2.24, 2.45) is 0 Å². The molecule has 0 radical (unpaired) electrons. The van der Waals surface area contributed by atoms with Crippen LogP contribution in [-0.4, -0.2) is 38.7 Å². The van der Waals surface area contributed by atoms with Gasteiger partial charge in [0.05, 0.1) is 29.1 Å². The van der Waals surface area contributed by atoms with Crippen LogP contribution in [0.15, 0.2) is 34.9 Å². The molecule has 1 amide bonds. The van der Waals surface area contributed by atoms with Crippen LogP contribution in [0.4, 0.5) is 0 Å². The second-order valence-corrected chi connectivity index (χ2v) is 7.49. The summed E-state index contributed by atoms with van der Waals surface area (Å²) in [6, 6.07) is 7.35. The molecule has 0 atom stereocenters. The van der Waals surface area contributed by atoms with Crippen molar-refractivity contribution in [3.63, 3.8) is 0 Å². The van der Waals surface area contributed by atoms with Crippen LogP contribution in [0, 0.1) is 13.8 Å². The molecular formula is C21H26BrN5O3. The second kappa shape index (κ2) is 9.80. The standard InChI is InChI=1S/C21H26BrN5O3/c1-5-29-18-8-7-16(11-19(18)30-6-2)12-23-21(28)17-9-10-26(25-17)13-27-15(4)20(22)14(3)24-27/h7-11H,5-6,12-13H2,1-4H3,(H,23,28). The molecule has 3 aromatic rings. The van der Waals surface area contributed by atoms with E-state index in [0.717, 1.165) is 21.4 Å². The van der Waals surface area contributed by atoms with Crippen LogP contribution in [0.3, 0.4) is 0 Å². The highest BCUT2D eigenvalue weighted by atomic mass is 79.9. The molecular weight excluding hydrogens is 450 g/mol. The molecule has 0 bridgehead atoms. The minimum Gasteiger partial charge on any atom is -0.490 e. The van der Waals surface area contributed by atoms with Gasteiger partial charge in [0.2, 0.25) is 0 Å². The Morgan fingerprint density at radius 2 is 1.83 bits per heavy atom. The number of benzene rings is 1. The third kappa shape index (κ3) is 5.02. The fourth-order valence-corrected chi connectivity index (χ4v) is 3.27. The Kier molecular flexibility index (Phi) is 7.15. The summed E-state index contributed by atoms with van der Waals surface area (Å²) in [5.74, 6) is 1.13. The maximum absolute atomic E-state index is 12.5. The highest BCUT2D eigenvalue weighted by Crippen LogP contribution is 2.28. The van der Waals surface area contributed by atoms with Gasteiger partial charge in [0.15, 0.2) is 11.5 Å². The number of hydrogen-bond acceptors (Lipinski definition) is 5. The zero-order chi connectivity index (χ0) is 21.7. The van der Waals surface area contributed by atoms with E-state index in [1.807, 2.05) is 50.6 Å². The van der Waals surface area contributed by atoms with Crippen LogP contribution < -0.4 is 14.8 Å². The maximum Gasteiger partial charge on any atom is 0.272 e. The molecule has 0 saturated heterocycles. The Morgan fingerprint density at radius 3 is 2.50 bits per heavy atom. The first-order valence-electron chi connectivity index (χ1n) is 9.82. The van der Waals surface area contributed by atoms with Crippen LogP contribution in [-0.2, 0) is 13.2 Å². The predicted octanol–water partition coefficient (Wildman–Crippen LogP) is 3.69. The van der Waals surface area contributed by atoms with E-state index < -0.39 is 0 Å². The van der Waals surface area contributed by atoms with Gasteiger partial charge >= 0.3 is 0 Å². The van der Waals surface area contributed by atoms with Gasteiger partial charge in [-0.1, -0.05) is 6.07 Å². The Labute approximate surface area is 184 Å². The maximum atomic E-state index is 12.5. The van der Waals surface area contributed by atoms with Gasteiger partial charge in [-0.2, -0.15) is 10.2 Å². The molecule has 1 aromatic carbocycles. The number of carbonyl (C=O) groups excluding carboxylic acids is 1. The number of aryl methyl sites for hydroxylation is 1. The number of ether oxygens (including phenoxy) is 2. The molecule has 0 unspecified atom stereocenters. The Hall–Kier alpha value is -2.81. The Balaban J connectivity index is 1.63. The molecule has 0 spiro atoms. The van der Waals surface area contributed by atoms with Crippen molar-refractivity contribution in [1.82, 2.24) is 24.9 Å². The lowest BCUT2D eigenvalue weighted by atomic mass is 10.2. The Morgan fingerprint density at radius 1 is 1.10 bits per heavy atom. The molecule has 9 heteroatoms. The summed E-state index contributed by atoms with van der Waals surface area (Å²) >= 11 is 3.52. The largest absolute Gasteiger partial charge is 0.490 e. The zero-order valence-electron chi connectivity index (χ0n) is 17.6. The average molecular weight is 476 g/mol. The van der Waals surface area contributed by atoms with Crippen molar-refractivity contribution in [3.8, 4) is 11.5 Å². The quantitative estimate of drug-likeness (QED) is 0.510. The fourth-order valence-electron chi connectivity index (χ4n) is 2.99. The van der Waals surface area contributed by atoms with Gasteiger partial charge in [-0.25, -0.2) is 4.68 Å². The molecule has 160 valence electrons. The summed E-state index contributed by atoms with van der Waals surface area (Å²) < 4.78 is 15.7. The molecule has 0 saturated carbocycles. The number of nitrogens with one attached hydrogen (secondary N) is 1. The lowest BCUT2D eigenvalue weighted by Gasteiger charge is -2.12. The summed E-state index contributed by atoms with van der Waals surface area (Å²) in [4.78, 5) is 12.5. The first kappa shape index (κ1) is 21.9. The van der Waals surface area contributed by atoms with Crippen LogP contribution in [0.5, 0.6) is 11.5 Å². The number of carbonyl (C=O) groups is 1. The van der Waals surface area contributed by atoms with E-state index in [2.05, 4.69) is 31.4 Å². The predicted molar refractivity (Wildman–Crippen MR) is 117 cm³/mol. The van der Waals surface area contributed by atoms with E-state index >= 15 is 0 Å². The summed E-state index contributed by atoms with van der Waals surface area (Å²) in [7, 11) is 0. The number of nitrogens with zero attached hydrogens (tertiary/aromatic N) is 4. The van der Waals surface area contributed by atoms with Crippen molar-refractivity contribution >= 4 is 21.8 Å². The lowest BCUT2D eigenvalue weighted by Crippen LogP contribution is -2.23. The molecule has 0 aliphatic carbocycles. The van der Waals surface area contributed by atoms with Crippen LogP contribution in [0.1, 0.15) is 41.3 Å². The van der Waals surface area contributed by atoms with Gasteiger partial charge in [0.1, 0.15) is 12.4 Å². The van der Waals surface area contributed by atoms with E-state index in [9.17, 15) is 4.79 Å².